The van der Waals surface area contributed by atoms with E-state index in [1.807, 2.05) is 4.90 Å². The molecule has 8 fully saturated rings. The molecule has 8 nitrogen and oxygen atoms in total. The highest BCUT2D eigenvalue weighted by molar-refractivity contribution is 5.97. The molecule has 8 aliphatic rings. The number of amides is 2. The summed E-state index contributed by atoms with van der Waals surface area (Å²) >= 11 is 0. The minimum absolute atomic E-state index is 0.00975. The number of carbonyl (C=O) groups is 2. The lowest BCUT2D eigenvalue weighted by molar-refractivity contribution is -0.140. The number of piperidine rings is 1. The molecule has 0 aromatic heterocycles. The van der Waals surface area contributed by atoms with Gasteiger partial charge in [0.05, 0.1) is 6.10 Å². The summed E-state index contributed by atoms with van der Waals surface area (Å²) in [5.74, 6) is 5.09. The fourth-order valence-electron chi connectivity index (χ4n) is 13.6. The van der Waals surface area contributed by atoms with Gasteiger partial charge in [0.15, 0.2) is 0 Å². The quantitative estimate of drug-likeness (QED) is 0.384. The van der Waals surface area contributed by atoms with Crippen molar-refractivity contribution in [2.75, 3.05) is 58.9 Å². The Balaban J connectivity index is 0.820. The van der Waals surface area contributed by atoms with Crippen molar-refractivity contribution in [1.29, 1.82) is 0 Å². The fourth-order valence-corrected chi connectivity index (χ4v) is 13.6. The van der Waals surface area contributed by atoms with Crippen LogP contribution in [-0.2, 0) is 14.3 Å². The molecule has 1 spiro atoms. The molecule has 0 aromatic rings. The largest absolute Gasteiger partial charge is 0.357 e. The first kappa shape index (κ1) is 33.9. The summed E-state index contributed by atoms with van der Waals surface area (Å²) in [6.07, 6.45) is 15.6. The Kier molecular flexibility index (Phi) is 9.24. The van der Waals surface area contributed by atoms with Crippen molar-refractivity contribution in [2.45, 2.75) is 129 Å². The van der Waals surface area contributed by atoms with Gasteiger partial charge in [-0.1, -0.05) is 27.7 Å². The van der Waals surface area contributed by atoms with E-state index in [1.165, 1.54) is 77.3 Å². The van der Waals surface area contributed by atoms with E-state index >= 15 is 0 Å². The summed E-state index contributed by atoms with van der Waals surface area (Å²) in [5, 5.41) is 7.27. The maximum absolute atomic E-state index is 13.2. The molecule has 0 radical (unpaired) electrons. The van der Waals surface area contributed by atoms with Gasteiger partial charge in [0.1, 0.15) is 12.1 Å². The molecule has 8 heteroatoms. The highest BCUT2D eigenvalue weighted by atomic mass is 16.5. The average molecular weight is 666 g/mol. The van der Waals surface area contributed by atoms with Gasteiger partial charge in [-0.05, 0) is 136 Å². The molecule has 4 heterocycles. The van der Waals surface area contributed by atoms with E-state index < -0.39 is 0 Å². The Morgan fingerprint density at radius 2 is 1.54 bits per heavy atom. The Morgan fingerprint density at radius 1 is 0.812 bits per heavy atom. The van der Waals surface area contributed by atoms with Crippen LogP contribution >= 0.6 is 0 Å². The number of hydrogen-bond acceptors (Lipinski definition) is 6. The van der Waals surface area contributed by atoms with Gasteiger partial charge in [-0.2, -0.15) is 0 Å². The van der Waals surface area contributed by atoms with Crippen molar-refractivity contribution in [3.05, 3.63) is 0 Å². The second kappa shape index (κ2) is 13.1. The minimum Gasteiger partial charge on any atom is -0.357 e. The zero-order chi connectivity index (χ0) is 33.3. The summed E-state index contributed by atoms with van der Waals surface area (Å²) < 4.78 is 7.11. The molecule has 0 unspecified atom stereocenters. The number of piperazine rings is 1. The summed E-state index contributed by atoms with van der Waals surface area (Å²) in [6, 6.07) is 0.221. The molecule has 0 bridgehead atoms. The van der Waals surface area contributed by atoms with Gasteiger partial charge >= 0.3 is 0 Å². The van der Waals surface area contributed by atoms with Crippen LogP contribution in [0.15, 0.2) is 0 Å². The monoisotopic (exact) mass is 666 g/mol. The van der Waals surface area contributed by atoms with Gasteiger partial charge in [0, 0.05) is 57.8 Å². The molecule has 4 aliphatic carbocycles. The zero-order valence-electron chi connectivity index (χ0n) is 30.8. The lowest BCUT2D eigenvalue weighted by atomic mass is 9.44. The molecule has 2 N–H and O–H groups in total. The number of nitrogens with one attached hydrogen (secondary N) is 2. The maximum atomic E-state index is 13.2. The third kappa shape index (κ3) is 5.88. The number of fused-ring (bicyclic) bond motifs is 7. The van der Waals surface area contributed by atoms with Crippen LogP contribution in [0.4, 0.5) is 0 Å². The van der Waals surface area contributed by atoms with Crippen LogP contribution in [0, 0.1) is 52.3 Å². The average Bonchev–Trinajstić information content (AvgIpc) is 3.77. The van der Waals surface area contributed by atoms with Crippen LogP contribution in [-0.4, -0.2) is 103 Å². The smallest absolute Gasteiger partial charge is 0.232 e. The summed E-state index contributed by atoms with van der Waals surface area (Å²) in [7, 11) is 0. The molecule has 12 atom stereocenters. The van der Waals surface area contributed by atoms with Crippen LogP contribution in [0.25, 0.3) is 0 Å². The summed E-state index contributed by atoms with van der Waals surface area (Å²) in [5.41, 5.74) is 0.703. The Morgan fingerprint density at radius 3 is 2.27 bits per heavy atom. The number of likely N-dealkylation sites (tertiary alicyclic amines) is 1. The molecule has 4 aliphatic heterocycles. The molecular formula is C40H67N5O3. The van der Waals surface area contributed by atoms with E-state index in [2.05, 4.69) is 48.1 Å². The van der Waals surface area contributed by atoms with Crippen LogP contribution in [0.2, 0.25) is 0 Å². The predicted octanol–water partition coefficient (Wildman–Crippen LogP) is 5.12. The number of hydrogen-bond donors (Lipinski definition) is 2. The number of carbonyl (C=O) groups excluding carboxylic acids is 2. The van der Waals surface area contributed by atoms with Crippen molar-refractivity contribution in [3.8, 4) is 0 Å². The number of nitrogens with zero attached hydrogens (tertiary/aromatic N) is 3. The summed E-state index contributed by atoms with van der Waals surface area (Å²) in [6.45, 7) is 19.4. The second-order valence-electron chi connectivity index (χ2n) is 18.8. The van der Waals surface area contributed by atoms with E-state index in [-0.39, 0.29) is 30.0 Å². The standard InChI is InChI=1S/C40H67N5O3/c1-27-9-14-40(41-26-27)28(2)37-34(48-40)24-33-31-8-7-29-23-30(10-12-38(29,3)32(31)11-13-39(33,37)4)42-35(46)25-36(47)45-21-19-44(20-22-45)18-17-43-15-5-6-16-43/h27-34,37,41H,5-26H2,1-4H3,(H,42,46)/t27-,28+,29-,30-,31-,32+,33+,34+,37+,38+,39+,40-/m1/s1. The van der Waals surface area contributed by atoms with Gasteiger partial charge in [0.25, 0.3) is 0 Å². The Bertz CT molecular complexity index is 1190. The molecule has 270 valence electrons. The first-order chi connectivity index (χ1) is 23.1. The van der Waals surface area contributed by atoms with E-state index in [1.54, 1.807) is 0 Å². The van der Waals surface area contributed by atoms with Crippen molar-refractivity contribution >= 4 is 11.8 Å². The van der Waals surface area contributed by atoms with Crippen molar-refractivity contribution in [2.24, 2.45) is 52.3 Å². The predicted molar refractivity (Wildman–Crippen MR) is 189 cm³/mol. The van der Waals surface area contributed by atoms with E-state index in [0.29, 0.717) is 34.7 Å². The van der Waals surface area contributed by atoms with Crippen LogP contribution in [0.5, 0.6) is 0 Å². The van der Waals surface area contributed by atoms with E-state index in [4.69, 9.17) is 4.74 Å². The van der Waals surface area contributed by atoms with Gasteiger partial charge in [-0.3, -0.25) is 19.8 Å². The minimum atomic E-state index is -0.0778. The van der Waals surface area contributed by atoms with Crippen molar-refractivity contribution in [1.82, 2.24) is 25.3 Å². The lowest BCUT2D eigenvalue weighted by Gasteiger charge is -2.61. The van der Waals surface area contributed by atoms with Gasteiger partial charge in [-0.15, -0.1) is 0 Å². The van der Waals surface area contributed by atoms with Crippen molar-refractivity contribution in [3.63, 3.8) is 0 Å². The highest BCUT2D eigenvalue weighted by Gasteiger charge is 2.68. The molecule has 4 saturated heterocycles. The summed E-state index contributed by atoms with van der Waals surface area (Å²) in [4.78, 5) is 33.2. The van der Waals surface area contributed by atoms with Gasteiger partial charge < -0.3 is 19.9 Å². The zero-order valence-corrected chi connectivity index (χ0v) is 30.8. The molecule has 0 aromatic carbocycles. The number of rotatable bonds is 6. The molecular weight excluding hydrogens is 598 g/mol. The van der Waals surface area contributed by atoms with Gasteiger partial charge in [-0.25, -0.2) is 0 Å². The topological polar surface area (TPSA) is 77.1 Å². The highest BCUT2D eigenvalue weighted by Crippen LogP contribution is 2.71. The SMILES string of the molecule is C[C@@H]1CC[C@@]2(NC1)O[C@H]1C[C@H]3[C@@H]4CC[C@@H]5C[C@H](NC(=O)CC(=O)N6CCN(CCN7CCCC7)CC6)CC[C@]5(C)[C@H]4CC[C@]3(C)[C@H]1[C@@H]2C. The molecule has 48 heavy (non-hydrogen) atoms. The molecule has 2 amide bonds. The first-order valence-electron chi connectivity index (χ1n) is 20.5. The van der Waals surface area contributed by atoms with E-state index in [0.717, 1.165) is 82.3 Å². The van der Waals surface area contributed by atoms with Crippen LogP contribution < -0.4 is 10.6 Å². The van der Waals surface area contributed by atoms with Gasteiger partial charge in [0.2, 0.25) is 11.8 Å². The lowest BCUT2D eigenvalue weighted by Crippen LogP contribution is -2.58. The fraction of sp³-hybridized carbons (Fsp3) is 0.950. The Hall–Kier alpha value is -1.22. The van der Waals surface area contributed by atoms with E-state index in [9.17, 15) is 9.59 Å². The molecule has 4 saturated carbocycles. The van der Waals surface area contributed by atoms with Crippen LogP contribution in [0.3, 0.4) is 0 Å². The second-order valence-corrected chi connectivity index (χ2v) is 18.8. The third-order valence-corrected chi connectivity index (χ3v) is 16.5. The Labute approximate surface area is 291 Å². The molecule has 8 rings (SSSR count). The number of ether oxygens (including phenoxy) is 1. The third-order valence-electron chi connectivity index (χ3n) is 16.5. The maximum Gasteiger partial charge on any atom is 0.232 e. The first-order valence-corrected chi connectivity index (χ1v) is 20.5. The van der Waals surface area contributed by atoms with Crippen LogP contribution in [0.1, 0.15) is 111 Å². The van der Waals surface area contributed by atoms with Crippen molar-refractivity contribution < 1.29 is 14.3 Å². The normalized spacial score (nSPS) is 47.8.